The molecule has 0 radical (unpaired) electrons. The van der Waals surface area contributed by atoms with Crippen LogP contribution in [0.2, 0.25) is 0 Å². The second-order valence-electron chi connectivity index (χ2n) is 3.14. The van der Waals surface area contributed by atoms with Crippen LogP contribution in [0.1, 0.15) is 16.5 Å². The van der Waals surface area contributed by atoms with Crippen molar-refractivity contribution >= 4 is 27.3 Å². The van der Waals surface area contributed by atoms with Crippen LogP contribution >= 0.6 is 27.3 Å². The molecule has 1 atom stereocenters. The smallest absolute Gasteiger partial charge is 0.128 e. The Hall–Kier alpha value is -0.710. The van der Waals surface area contributed by atoms with Gasteiger partial charge in [0.25, 0.3) is 0 Å². The van der Waals surface area contributed by atoms with Crippen molar-refractivity contribution in [3.8, 4) is 0 Å². The lowest BCUT2D eigenvalue weighted by Gasteiger charge is -2.10. The summed E-state index contributed by atoms with van der Waals surface area (Å²) in [6, 6.07) is 10.0. The van der Waals surface area contributed by atoms with Crippen molar-refractivity contribution in [2.75, 3.05) is 0 Å². The van der Waals surface area contributed by atoms with Gasteiger partial charge < -0.3 is 5.73 Å². The summed E-state index contributed by atoms with van der Waals surface area (Å²) in [5.74, 6) is -0.255. The van der Waals surface area contributed by atoms with Gasteiger partial charge in [-0.2, -0.15) is 0 Å². The summed E-state index contributed by atoms with van der Waals surface area (Å²) in [5, 5.41) is 0. The van der Waals surface area contributed by atoms with Gasteiger partial charge in [0.05, 0.1) is 9.83 Å². The molecule has 0 aliphatic carbocycles. The maximum Gasteiger partial charge on any atom is 0.128 e. The van der Waals surface area contributed by atoms with Crippen LogP contribution in [-0.4, -0.2) is 0 Å². The van der Waals surface area contributed by atoms with Crippen LogP contribution in [0.5, 0.6) is 0 Å². The third-order valence-electron chi connectivity index (χ3n) is 2.14. The monoisotopic (exact) mass is 285 g/mol. The first kappa shape index (κ1) is 10.8. The van der Waals surface area contributed by atoms with Crippen molar-refractivity contribution in [1.82, 2.24) is 0 Å². The highest BCUT2D eigenvalue weighted by Gasteiger charge is 2.14. The topological polar surface area (TPSA) is 26.0 Å². The maximum atomic E-state index is 13.4. The van der Waals surface area contributed by atoms with E-state index >= 15 is 0 Å². The van der Waals surface area contributed by atoms with E-state index in [1.54, 1.807) is 18.2 Å². The molecule has 0 amide bonds. The molecule has 0 fully saturated rings. The van der Waals surface area contributed by atoms with Crippen LogP contribution in [-0.2, 0) is 0 Å². The lowest BCUT2D eigenvalue weighted by Crippen LogP contribution is -2.11. The zero-order valence-corrected chi connectivity index (χ0v) is 10.2. The Labute approximate surface area is 99.9 Å². The summed E-state index contributed by atoms with van der Waals surface area (Å²) < 4.78 is 14.4. The summed E-state index contributed by atoms with van der Waals surface area (Å²) in [6.45, 7) is 0. The molecular formula is C11H9BrFNS. The Morgan fingerprint density at radius 3 is 2.53 bits per heavy atom. The lowest BCUT2D eigenvalue weighted by molar-refractivity contribution is 0.601. The number of benzene rings is 1. The minimum Gasteiger partial charge on any atom is -0.320 e. The SMILES string of the molecule is NC(c1ccc(Br)s1)c1ccccc1F. The molecule has 2 aromatic rings. The number of hydrogen-bond donors (Lipinski definition) is 1. The van der Waals surface area contributed by atoms with Crippen LogP contribution in [0.15, 0.2) is 40.2 Å². The van der Waals surface area contributed by atoms with E-state index in [1.807, 2.05) is 12.1 Å². The van der Waals surface area contributed by atoms with E-state index in [9.17, 15) is 4.39 Å². The van der Waals surface area contributed by atoms with Gasteiger partial charge in [0.2, 0.25) is 0 Å². The standard InChI is InChI=1S/C11H9BrFNS/c12-10-6-5-9(15-10)11(14)7-3-1-2-4-8(7)13/h1-6,11H,14H2. The zero-order valence-electron chi connectivity index (χ0n) is 7.78. The lowest BCUT2D eigenvalue weighted by atomic mass is 10.1. The summed E-state index contributed by atoms with van der Waals surface area (Å²) in [6.07, 6.45) is 0. The van der Waals surface area contributed by atoms with E-state index in [-0.39, 0.29) is 11.9 Å². The van der Waals surface area contributed by atoms with Crippen molar-refractivity contribution in [2.24, 2.45) is 5.73 Å². The van der Waals surface area contributed by atoms with Gasteiger partial charge in [-0.05, 0) is 34.1 Å². The molecule has 0 saturated heterocycles. The van der Waals surface area contributed by atoms with Gasteiger partial charge >= 0.3 is 0 Å². The normalized spacial score (nSPS) is 12.7. The zero-order chi connectivity index (χ0) is 10.8. The molecule has 1 unspecified atom stereocenters. The molecule has 0 saturated carbocycles. The molecule has 15 heavy (non-hydrogen) atoms. The molecule has 0 bridgehead atoms. The molecule has 0 spiro atoms. The average molecular weight is 286 g/mol. The van der Waals surface area contributed by atoms with Gasteiger partial charge in [-0.3, -0.25) is 0 Å². The summed E-state index contributed by atoms with van der Waals surface area (Å²) >= 11 is 4.89. The Morgan fingerprint density at radius 1 is 1.20 bits per heavy atom. The predicted octanol–water partition coefficient (Wildman–Crippen LogP) is 3.70. The largest absolute Gasteiger partial charge is 0.320 e. The van der Waals surface area contributed by atoms with Crippen molar-refractivity contribution in [3.63, 3.8) is 0 Å². The van der Waals surface area contributed by atoms with E-state index < -0.39 is 0 Å². The molecule has 2 N–H and O–H groups in total. The molecule has 78 valence electrons. The van der Waals surface area contributed by atoms with Gasteiger partial charge in [-0.15, -0.1) is 11.3 Å². The molecule has 2 rings (SSSR count). The number of hydrogen-bond acceptors (Lipinski definition) is 2. The van der Waals surface area contributed by atoms with Gasteiger partial charge in [0.15, 0.2) is 0 Å². The number of nitrogens with two attached hydrogens (primary N) is 1. The van der Waals surface area contributed by atoms with E-state index in [1.165, 1.54) is 17.4 Å². The molecule has 4 heteroatoms. The molecule has 1 aromatic heterocycles. The van der Waals surface area contributed by atoms with Crippen molar-refractivity contribution in [3.05, 3.63) is 56.4 Å². The van der Waals surface area contributed by atoms with Gasteiger partial charge in [-0.1, -0.05) is 18.2 Å². The van der Waals surface area contributed by atoms with E-state index in [2.05, 4.69) is 15.9 Å². The molecule has 1 aromatic carbocycles. The maximum absolute atomic E-state index is 13.4. The predicted molar refractivity (Wildman–Crippen MR) is 64.4 cm³/mol. The minimum atomic E-state index is -0.387. The number of halogens is 2. The van der Waals surface area contributed by atoms with Gasteiger partial charge in [-0.25, -0.2) is 4.39 Å². The fourth-order valence-corrected chi connectivity index (χ4v) is 2.82. The second-order valence-corrected chi connectivity index (χ2v) is 5.64. The Balaban J connectivity index is 2.36. The molecule has 1 nitrogen and oxygen atoms in total. The Morgan fingerprint density at radius 2 is 1.93 bits per heavy atom. The Kier molecular flexibility index (Phi) is 3.19. The first-order valence-corrected chi connectivity index (χ1v) is 6.04. The quantitative estimate of drug-likeness (QED) is 0.895. The van der Waals surface area contributed by atoms with Crippen LogP contribution < -0.4 is 5.73 Å². The average Bonchev–Trinajstić information content (AvgIpc) is 2.65. The Bertz CT molecular complexity index is 469. The fourth-order valence-electron chi connectivity index (χ4n) is 1.38. The summed E-state index contributed by atoms with van der Waals surface area (Å²) in [5.41, 5.74) is 6.51. The summed E-state index contributed by atoms with van der Waals surface area (Å²) in [4.78, 5) is 0.951. The van der Waals surface area contributed by atoms with Crippen LogP contribution in [0.4, 0.5) is 4.39 Å². The van der Waals surface area contributed by atoms with Gasteiger partial charge in [0.1, 0.15) is 5.82 Å². The first-order valence-electron chi connectivity index (χ1n) is 4.43. The third kappa shape index (κ3) is 2.27. The number of rotatable bonds is 2. The molecule has 0 aliphatic rings. The second kappa shape index (κ2) is 4.43. The first-order chi connectivity index (χ1) is 7.18. The van der Waals surface area contributed by atoms with E-state index in [0.717, 1.165) is 8.66 Å². The van der Waals surface area contributed by atoms with Crippen LogP contribution in [0.3, 0.4) is 0 Å². The van der Waals surface area contributed by atoms with Crippen LogP contribution in [0.25, 0.3) is 0 Å². The highest BCUT2D eigenvalue weighted by molar-refractivity contribution is 9.11. The minimum absolute atomic E-state index is 0.255. The van der Waals surface area contributed by atoms with Crippen LogP contribution in [0, 0.1) is 5.82 Å². The van der Waals surface area contributed by atoms with E-state index in [0.29, 0.717) is 5.56 Å². The third-order valence-corrected chi connectivity index (χ3v) is 3.85. The summed E-state index contributed by atoms with van der Waals surface area (Å²) in [7, 11) is 0. The van der Waals surface area contributed by atoms with Crippen molar-refractivity contribution in [1.29, 1.82) is 0 Å². The number of thiophene rings is 1. The van der Waals surface area contributed by atoms with E-state index in [4.69, 9.17) is 5.73 Å². The molecule has 0 aliphatic heterocycles. The van der Waals surface area contributed by atoms with Gasteiger partial charge in [0, 0.05) is 10.4 Å². The highest BCUT2D eigenvalue weighted by atomic mass is 79.9. The van der Waals surface area contributed by atoms with Crippen molar-refractivity contribution in [2.45, 2.75) is 6.04 Å². The molecular weight excluding hydrogens is 277 g/mol. The highest BCUT2D eigenvalue weighted by Crippen LogP contribution is 2.30. The fraction of sp³-hybridized carbons (Fsp3) is 0.0909. The molecule has 1 heterocycles. The van der Waals surface area contributed by atoms with Crippen molar-refractivity contribution < 1.29 is 4.39 Å².